The highest BCUT2D eigenvalue weighted by atomic mass is 16.6. The van der Waals surface area contributed by atoms with Gasteiger partial charge in [-0.25, -0.2) is 0 Å². The van der Waals surface area contributed by atoms with Gasteiger partial charge in [0.1, 0.15) is 6.61 Å². The Morgan fingerprint density at radius 2 is 1.21 bits per heavy atom. The van der Waals surface area contributed by atoms with Crippen LogP contribution in [0.25, 0.3) is 0 Å². The topological polar surface area (TPSA) is 61.8 Å². The molecule has 0 aromatic carbocycles. The molecule has 0 radical (unpaired) electrons. The molecule has 0 saturated heterocycles. The lowest BCUT2D eigenvalue weighted by Gasteiger charge is -2.06. The second-order valence-corrected chi connectivity index (χ2v) is 5.97. The Balaban J connectivity index is 3.23. The molecule has 0 saturated carbocycles. The van der Waals surface area contributed by atoms with Crippen molar-refractivity contribution in [3.63, 3.8) is 0 Å². The number of rotatable bonds is 17. The van der Waals surface area contributed by atoms with Gasteiger partial charge in [0, 0.05) is 6.42 Å². The number of ether oxygens (including phenoxy) is 3. The van der Waals surface area contributed by atoms with Crippen molar-refractivity contribution in [2.75, 3.05) is 26.4 Å². The third-order valence-corrected chi connectivity index (χ3v) is 3.73. The second-order valence-electron chi connectivity index (χ2n) is 5.97. The molecule has 142 valence electrons. The molecule has 0 bridgehead atoms. The molecule has 0 aliphatic carbocycles. The molecule has 5 heteroatoms. The molecule has 0 amide bonds. The van der Waals surface area contributed by atoms with Gasteiger partial charge in [0.15, 0.2) is 0 Å². The summed E-state index contributed by atoms with van der Waals surface area (Å²) < 4.78 is 15.1. The molecule has 0 rings (SSSR count). The smallest absolute Gasteiger partial charge is 0.308 e. The highest BCUT2D eigenvalue weighted by Crippen LogP contribution is 2.10. The lowest BCUT2D eigenvalue weighted by atomic mass is 10.1. The molecule has 0 aliphatic rings. The largest absolute Gasteiger partial charge is 0.466 e. The quantitative estimate of drug-likeness (QED) is 0.289. The van der Waals surface area contributed by atoms with Crippen molar-refractivity contribution in [1.29, 1.82) is 0 Å². The zero-order valence-corrected chi connectivity index (χ0v) is 15.6. The molecule has 0 heterocycles. The summed E-state index contributed by atoms with van der Waals surface area (Å²) >= 11 is 0. The van der Waals surface area contributed by atoms with Crippen molar-refractivity contribution in [2.24, 2.45) is 0 Å². The van der Waals surface area contributed by atoms with Gasteiger partial charge in [-0.05, 0) is 13.3 Å². The zero-order chi connectivity index (χ0) is 17.9. The predicted molar refractivity (Wildman–Crippen MR) is 94.9 cm³/mol. The van der Waals surface area contributed by atoms with Gasteiger partial charge in [-0.1, -0.05) is 58.3 Å². The monoisotopic (exact) mass is 344 g/mol. The predicted octanol–water partition coefficient (Wildman–Crippen LogP) is 4.42. The summed E-state index contributed by atoms with van der Waals surface area (Å²) in [4.78, 5) is 22.6. The molecule has 0 aliphatic heterocycles. The Labute approximate surface area is 147 Å². The van der Waals surface area contributed by atoms with E-state index in [0.29, 0.717) is 26.2 Å². The maximum absolute atomic E-state index is 11.5. The van der Waals surface area contributed by atoms with Crippen LogP contribution in [0.1, 0.15) is 84.5 Å². The molecule has 0 unspecified atom stereocenters. The summed E-state index contributed by atoms with van der Waals surface area (Å²) in [5.74, 6) is -0.424. The van der Waals surface area contributed by atoms with Crippen molar-refractivity contribution in [2.45, 2.75) is 84.5 Å². The number of carbonyl (C=O) groups is 2. The molecule has 0 atom stereocenters. The van der Waals surface area contributed by atoms with E-state index in [4.69, 9.17) is 14.2 Å². The molecular weight excluding hydrogens is 308 g/mol. The van der Waals surface area contributed by atoms with Crippen LogP contribution in [-0.2, 0) is 23.8 Å². The van der Waals surface area contributed by atoms with E-state index in [2.05, 4.69) is 6.92 Å². The van der Waals surface area contributed by atoms with Crippen LogP contribution < -0.4 is 0 Å². The standard InChI is InChI=1S/C19H36O5/c1-3-5-6-7-8-9-10-11-12-13-18(20)24-17-16-22-15-14-19(21)23-4-2/h3-17H2,1-2H3. The van der Waals surface area contributed by atoms with E-state index in [9.17, 15) is 9.59 Å². The van der Waals surface area contributed by atoms with Gasteiger partial charge in [0.25, 0.3) is 0 Å². The maximum atomic E-state index is 11.5. The highest BCUT2D eigenvalue weighted by Gasteiger charge is 2.04. The Kier molecular flexibility index (Phi) is 17.4. The maximum Gasteiger partial charge on any atom is 0.308 e. The number of hydrogen-bond donors (Lipinski definition) is 0. The van der Waals surface area contributed by atoms with E-state index in [1.165, 1.54) is 44.9 Å². The summed E-state index contributed by atoms with van der Waals surface area (Å²) in [7, 11) is 0. The van der Waals surface area contributed by atoms with Gasteiger partial charge in [-0.15, -0.1) is 0 Å². The first-order valence-electron chi connectivity index (χ1n) is 9.59. The Morgan fingerprint density at radius 3 is 1.83 bits per heavy atom. The molecule has 0 fully saturated rings. The van der Waals surface area contributed by atoms with Gasteiger partial charge in [0.2, 0.25) is 0 Å². The van der Waals surface area contributed by atoms with E-state index in [-0.39, 0.29) is 25.0 Å². The summed E-state index contributed by atoms with van der Waals surface area (Å²) in [6, 6.07) is 0. The van der Waals surface area contributed by atoms with Gasteiger partial charge in [-0.2, -0.15) is 0 Å². The van der Waals surface area contributed by atoms with Crippen LogP contribution in [0.15, 0.2) is 0 Å². The van der Waals surface area contributed by atoms with Crippen LogP contribution in [-0.4, -0.2) is 38.4 Å². The van der Waals surface area contributed by atoms with E-state index >= 15 is 0 Å². The summed E-state index contributed by atoms with van der Waals surface area (Å²) in [5, 5.41) is 0. The fraction of sp³-hybridized carbons (Fsp3) is 0.895. The van der Waals surface area contributed by atoms with Gasteiger partial charge in [0.05, 0.1) is 26.2 Å². The van der Waals surface area contributed by atoms with Crippen LogP contribution in [0.2, 0.25) is 0 Å². The van der Waals surface area contributed by atoms with Crippen molar-refractivity contribution in [3.8, 4) is 0 Å². The average Bonchev–Trinajstić information content (AvgIpc) is 2.56. The van der Waals surface area contributed by atoms with Gasteiger partial charge < -0.3 is 14.2 Å². The van der Waals surface area contributed by atoms with Crippen molar-refractivity contribution in [1.82, 2.24) is 0 Å². The normalized spacial score (nSPS) is 10.6. The fourth-order valence-electron chi connectivity index (χ4n) is 2.36. The zero-order valence-electron chi connectivity index (χ0n) is 15.6. The molecule has 0 aromatic heterocycles. The summed E-state index contributed by atoms with van der Waals surface area (Å²) in [6.45, 7) is 5.26. The van der Waals surface area contributed by atoms with Crippen molar-refractivity contribution in [3.05, 3.63) is 0 Å². The first-order valence-corrected chi connectivity index (χ1v) is 9.59. The van der Waals surface area contributed by atoms with Gasteiger partial charge in [-0.3, -0.25) is 9.59 Å². The van der Waals surface area contributed by atoms with Crippen molar-refractivity contribution >= 4 is 11.9 Å². The molecule has 24 heavy (non-hydrogen) atoms. The van der Waals surface area contributed by atoms with Gasteiger partial charge >= 0.3 is 11.9 Å². The second kappa shape index (κ2) is 18.2. The minimum Gasteiger partial charge on any atom is -0.466 e. The summed E-state index contributed by atoms with van der Waals surface area (Å²) in [6.07, 6.45) is 11.8. The third kappa shape index (κ3) is 17.3. The molecular formula is C19H36O5. The lowest BCUT2D eigenvalue weighted by molar-refractivity contribution is -0.147. The van der Waals surface area contributed by atoms with E-state index < -0.39 is 0 Å². The summed E-state index contributed by atoms with van der Waals surface area (Å²) in [5.41, 5.74) is 0. The minimum atomic E-state index is -0.264. The van der Waals surface area contributed by atoms with Crippen LogP contribution in [0.4, 0.5) is 0 Å². The fourth-order valence-corrected chi connectivity index (χ4v) is 2.36. The molecule has 0 spiro atoms. The van der Waals surface area contributed by atoms with E-state index in [0.717, 1.165) is 12.8 Å². The van der Waals surface area contributed by atoms with E-state index in [1.54, 1.807) is 6.92 Å². The number of unbranched alkanes of at least 4 members (excludes halogenated alkanes) is 8. The molecule has 0 N–H and O–H groups in total. The van der Waals surface area contributed by atoms with E-state index in [1.807, 2.05) is 0 Å². The van der Waals surface area contributed by atoms with Crippen LogP contribution in [0, 0.1) is 0 Å². The van der Waals surface area contributed by atoms with Crippen LogP contribution >= 0.6 is 0 Å². The first-order chi connectivity index (χ1) is 11.7. The third-order valence-electron chi connectivity index (χ3n) is 3.73. The average molecular weight is 344 g/mol. The molecule has 0 aromatic rings. The lowest BCUT2D eigenvalue weighted by Crippen LogP contribution is -2.13. The SMILES string of the molecule is CCCCCCCCCCCC(=O)OCCOCCC(=O)OCC. The number of esters is 2. The minimum absolute atomic E-state index is 0.160. The van der Waals surface area contributed by atoms with Crippen LogP contribution in [0.5, 0.6) is 0 Å². The first kappa shape index (κ1) is 22.9. The molecule has 5 nitrogen and oxygen atoms in total. The Morgan fingerprint density at radius 1 is 0.625 bits per heavy atom. The Bertz CT molecular complexity index is 304. The van der Waals surface area contributed by atoms with Crippen LogP contribution in [0.3, 0.4) is 0 Å². The highest BCUT2D eigenvalue weighted by molar-refractivity contribution is 5.69. The number of hydrogen-bond acceptors (Lipinski definition) is 5. The number of carbonyl (C=O) groups excluding carboxylic acids is 2. The Hall–Kier alpha value is -1.10. The van der Waals surface area contributed by atoms with Crippen molar-refractivity contribution < 1.29 is 23.8 Å².